The number of nitrogens with zero attached hydrogens (tertiary/aromatic N) is 2. The van der Waals surface area contributed by atoms with Crippen LogP contribution in [0.25, 0.3) is 0 Å². The van der Waals surface area contributed by atoms with Gasteiger partial charge >= 0.3 is 0 Å². The highest BCUT2D eigenvalue weighted by atomic mass is 127. The molecule has 4 nitrogen and oxygen atoms in total. The van der Waals surface area contributed by atoms with Crippen molar-refractivity contribution in [1.29, 1.82) is 0 Å². The van der Waals surface area contributed by atoms with Gasteiger partial charge in [0.05, 0.1) is 5.75 Å². The largest absolute Gasteiger partial charge is 0.253 e. The molecule has 0 saturated carbocycles. The second-order valence-corrected chi connectivity index (χ2v) is 5.38. The molecule has 1 aromatic heterocycles. The molecular weight excluding hydrogens is 291 g/mol. The number of rotatable bonds is 3. The number of hydrogen-bond donors (Lipinski definition) is 0. The molecule has 0 aromatic carbocycles. The number of hydrogen-bond acceptors (Lipinski definition) is 3. The average molecular weight is 300 g/mol. The molecule has 0 fully saturated rings. The summed E-state index contributed by atoms with van der Waals surface area (Å²) >= 11 is 1.97. The summed E-state index contributed by atoms with van der Waals surface area (Å²) < 4.78 is 24.4. The maximum atomic E-state index is 11.3. The highest BCUT2D eigenvalue weighted by molar-refractivity contribution is 14.1. The maximum absolute atomic E-state index is 11.3. The van der Waals surface area contributed by atoms with E-state index in [9.17, 15) is 8.42 Å². The minimum absolute atomic E-state index is 0.144. The van der Waals surface area contributed by atoms with Crippen LogP contribution in [-0.4, -0.2) is 23.4 Å². The van der Waals surface area contributed by atoms with E-state index in [0.717, 1.165) is 4.09 Å². The van der Waals surface area contributed by atoms with Crippen molar-refractivity contribution in [1.82, 2.24) is 9.19 Å². The summed E-state index contributed by atoms with van der Waals surface area (Å²) in [5.74, 6) is 0.144. The van der Waals surface area contributed by atoms with Crippen LogP contribution in [0.4, 0.5) is 0 Å². The minimum Gasteiger partial charge on any atom is -0.205 e. The summed E-state index contributed by atoms with van der Waals surface area (Å²) in [6.07, 6.45) is 2.07. The second-order valence-electron chi connectivity index (χ2n) is 2.33. The summed E-state index contributed by atoms with van der Waals surface area (Å²) in [5.41, 5.74) is 0. The first kappa shape index (κ1) is 9.97. The van der Waals surface area contributed by atoms with E-state index in [4.69, 9.17) is 0 Å². The SMILES string of the molecule is CCCS(=O)(=O)n1ccc(I)n1. The van der Waals surface area contributed by atoms with Crippen LogP contribution in [-0.2, 0) is 10.0 Å². The van der Waals surface area contributed by atoms with Gasteiger partial charge in [0.1, 0.15) is 3.70 Å². The van der Waals surface area contributed by atoms with Crippen molar-refractivity contribution < 1.29 is 8.42 Å². The zero-order chi connectivity index (χ0) is 9.19. The molecule has 0 bridgehead atoms. The average Bonchev–Trinajstić information content (AvgIpc) is 2.36. The van der Waals surface area contributed by atoms with Gasteiger partial charge in [0.2, 0.25) is 0 Å². The molecule has 68 valence electrons. The minimum atomic E-state index is -3.19. The molecule has 0 unspecified atom stereocenters. The molecule has 0 amide bonds. The normalized spacial score (nSPS) is 11.8. The van der Waals surface area contributed by atoms with E-state index in [1.807, 2.05) is 29.5 Å². The van der Waals surface area contributed by atoms with E-state index < -0.39 is 10.0 Å². The molecule has 0 radical (unpaired) electrons. The lowest BCUT2D eigenvalue weighted by Gasteiger charge is -2.00. The first-order chi connectivity index (χ1) is 5.56. The highest BCUT2D eigenvalue weighted by Gasteiger charge is 2.11. The van der Waals surface area contributed by atoms with Crippen molar-refractivity contribution in [2.45, 2.75) is 13.3 Å². The summed E-state index contributed by atoms with van der Waals surface area (Å²) in [6, 6.07) is 1.66. The quantitative estimate of drug-likeness (QED) is 0.785. The summed E-state index contributed by atoms with van der Waals surface area (Å²) in [5, 5.41) is 3.82. The monoisotopic (exact) mass is 300 g/mol. The number of aromatic nitrogens is 2. The van der Waals surface area contributed by atoms with E-state index in [1.54, 1.807) is 6.07 Å². The van der Waals surface area contributed by atoms with Crippen LogP contribution in [0.15, 0.2) is 12.3 Å². The van der Waals surface area contributed by atoms with Gasteiger partial charge in [-0.25, -0.2) is 8.42 Å². The third kappa shape index (κ3) is 2.19. The molecular formula is C6H9IN2O2S. The Balaban J connectivity index is 2.98. The molecule has 1 rings (SSSR count). The zero-order valence-corrected chi connectivity index (χ0v) is 9.54. The van der Waals surface area contributed by atoms with Gasteiger partial charge in [-0.05, 0) is 35.1 Å². The molecule has 0 aliphatic carbocycles. The van der Waals surface area contributed by atoms with Gasteiger partial charge in [0.15, 0.2) is 0 Å². The third-order valence-electron chi connectivity index (χ3n) is 1.28. The van der Waals surface area contributed by atoms with Gasteiger partial charge in [-0.3, -0.25) is 0 Å². The lowest BCUT2D eigenvalue weighted by Crippen LogP contribution is -2.16. The standard InChI is InChI=1S/C6H9IN2O2S/c1-2-5-12(10,11)9-4-3-6(7)8-9/h3-4H,2,5H2,1H3. The lowest BCUT2D eigenvalue weighted by molar-refractivity contribution is 0.578. The molecule has 0 saturated heterocycles. The summed E-state index contributed by atoms with van der Waals surface area (Å²) in [7, 11) is -3.19. The molecule has 0 spiro atoms. The van der Waals surface area contributed by atoms with Crippen LogP contribution in [0, 0.1) is 3.70 Å². The van der Waals surface area contributed by atoms with E-state index >= 15 is 0 Å². The van der Waals surface area contributed by atoms with Gasteiger partial charge in [0.25, 0.3) is 10.0 Å². The summed E-state index contributed by atoms with van der Waals surface area (Å²) in [6.45, 7) is 1.83. The maximum Gasteiger partial charge on any atom is 0.253 e. The molecule has 0 N–H and O–H groups in total. The first-order valence-corrected chi connectivity index (χ1v) is 6.19. The Hall–Kier alpha value is -0.110. The molecule has 12 heavy (non-hydrogen) atoms. The molecule has 0 aliphatic rings. The fourth-order valence-electron chi connectivity index (χ4n) is 0.792. The van der Waals surface area contributed by atoms with Gasteiger partial charge in [-0.1, -0.05) is 6.92 Å². The van der Waals surface area contributed by atoms with Crippen molar-refractivity contribution in [3.63, 3.8) is 0 Å². The third-order valence-corrected chi connectivity index (χ3v) is 3.55. The molecule has 0 aliphatic heterocycles. The molecule has 0 atom stereocenters. The van der Waals surface area contributed by atoms with E-state index in [0.29, 0.717) is 10.1 Å². The first-order valence-electron chi connectivity index (χ1n) is 3.50. The Morgan fingerprint density at radius 1 is 1.67 bits per heavy atom. The Kier molecular flexibility index (Phi) is 3.10. The molecule has 6 heteroatoms. The van der Waals surface area contributed by atoms with Gasteiger partial charge in [-0.15, -0.1) is 0 Å². The Labute approximate surface area is 85.2 Å². The highest BCUT2D eigenvalue weighted by Crippen LogP contribution is 2.03. The van der Waals surface area contributed by atoms with Crippen LogP contribution < -0.4 is 0 Å². The molecule has 1 aromatic rings. The van der Waals surface area contributed by atoms with Crippen molar-refractivity contribution in [2.24, 2.45) is 0 Å². The molecule has 1 heterocycles. The predicted molar refractivity (Wildman–Crippen MR) is 54.4 cm³/mol. The van der Waals surface area contributed by atoms with E-state index in [1.165, 1.54) is 6.20 Å². The van der Waals surface area contributed by atoms with Crippen LogP contribution in [0.2, 0.25) is 0 Å². The van der Waals surface area contributed by atoms with E-state index in [-0.39, 0.29) is 5.75 Å². The van der Waals surface area contributed by atoms with Crippen molar-refractivity contribution in [2.75, 3.05) is 5.75 Å². The van der Waals surface area contributed by atoms with Crippen LogP contribution in [0.5, 0.6) is 0 Å². The van der Waals surface area contributed by atoms with Gasteiger partial charge in [0, 0.05) is 6.20 Å². The van der Waals surface area contributed by atoms with E-state index in [2.05, 4.69) is 5.10 Å². The lowest BCUT2D eigenvalue weighted by atomic mass is 10.6. The second kappa shape index (κ2) is 3.73. The van der Waals surface area contributed by atoms with Gasteiger partial charge in [-0.2, -0.15) is 9.19 Å². The fourth-order valence-corrected chi connectivity index (χ4v) is 2.49. The summed E-state index contributed by atoms with van der Waals surface area (Å²) in [4.78, 5) is 0. The smallest absolute Gasteiger partial charge is 0.205 e. The topological polar surface area (TPSA) is 52.0 Å². The number of halogens is 1. The Morgan fingerprint density at radius 2 is 2.33 bits per heavy atom. The Morgan fingerprint density at radius 3 is 2.75 bits per heavy atom. The van der Waals surface area contributed by atoms with Crippen molar-refractivity contribution in [3.8, 4) is 0 Å². The predicted octanol–water partition coefficient (Wildman–Crippen LogP) is 1.08. The Bertz CT molecular complexity index is 357. The fraction of sp³-hybridized carbons (Fsp3) is 0.500. The van der Waals surface area contributed by atoms with Gasteiger partial charge < -0.3 is 0 Å². The van der Waals surface area contributed by atoms with Crippen LogP contribution in [0.1, 0.15) is 13.3 Å². The zero-order valence-electron chi connectivity index (χ0n) is 6.57. The van der Waals surface area contributed by atoms with Crippen LogP contribution in [0.3, 0.4) is 0 Å². The van der Waals surface area contributed by atoms with Crippen molar-refractivity contribution >= 4 is 32.6 Å². The van der Waals surface area contributed by atoms with Crippen LogP contribution >= 0.6 is 22.6 Å². The van der Waals surface area contributed by atoms with Crippen molar-refractivity contribution in [3.05, 3.63) is 16.0 Å².